The van der Waals surface area contributed by atoms with Gasteiger partial charge in [0.05, 0.1) is 6.61 Å². The molecule has 2 aliphatic rings. The van der Waals surface area contributed by atoms with Gasteiger partial charge >= 0.3 is 5.97 Å². The van der Waals surface area contributed by atoms with Crippen LogP contribution in [0.5, 0.6) is 0 Å². The maximum absolute atomic E-state index is 13.2. The number of allylic oxidation sites excluding steroid dienone is 2. The van der Waals surface area contributed by atoms with Crippen molar-refractivity contribution < 1.29 is 14.3 Å². The lowest BCUT2D eigenvalue weighted by Crippen LogP contribution is -2.37. The number of hydrogen-bond donors (Lipinski definition) is 0. The Bertz CT molecular complexity index is 1010. The summed E-state index contributed by atoms with van der Waals surface area (Å²) in [6.07, 6.45) is 2.76. The zero-order valence-electron chi connectivity index (χ0n) is 16.9. The zero-order chi connectivity index (χ0) is 21.1. The van der Waals surface area contributed by atoms with E-state index in [4.69, 9.17) is 4.74 Å². The van der Waals surface area contributed by atoms with Crippen LogP contribution in [0.2, 0.25) is 0 Å². The number of nitrogens with zero attached hydrogens (tertiary/aromatic N) is 1. The number of carbonyl (C=O) groups is 2. The van der Waals surface area contributed by atoms with Crippen LogP contribution in [0.1, 0.15) is 43.2 Å². The summed E-state index contributed by atoms with van der Waals surface area (Å²) < 4.78 is 6.64. The number of benzene rings is 2. The quantitative estimate of drug-likeness (QED) is 0.554. The monoisotopic (exact) mass is 465 g/mol. The van der Waals surface area contributed by atoms with Gasteiger partial charge in [0.2, 0.25) is 0 Å². The van der Waals surface area contributed by atoms with Crippen molar-refractivity contribution in [3.05, 3.63) is 81.5 Å². The van der Waals surface area contributed by atoms with Gasteiger partial charge in [-0.1, -0.05) is 58.4 Å². The van der Waals surface area contributed by atoms with Crippen molar-refractivity contribution in [1.29, 1.82) is 0 Å². The van der Waals surface area contributed by atoms with E-state index in [0.29, 0.717) is 25.0 Å². The van der Waals surface area contributed by atoms with Crippen molar-refractivity contribution in [1.82, 2.24) is 0 Å². The maximum atomic E-state index is 13.2. The molecule has 154 valence electrons. The summed E-state index contributed by atoms with van der Waals surface area (Å²) in [6.45, 7) is 2.18. The molecule has 1 aliphatic carbocycles. The molecule has 0 N–H and O–H groups in total. The summed E-state index contributed by atoms with van der Waals surface area (Å²) in [7, 11) is 0. The van der Waals surface area contributed by atoms with Crippen molar-refractivity contribution >= 4 is 33.4 Å². The summed E-state index contributed by atoms with van der Waals surface area (Å²) in [5.74, 6) is -1.14. The summed E-state index contributed by atoms with van der Waals surface area (Å²) in [4.78, 5) is 30.7. The minimum absolute atomic E-state index is 0.0995. The van der Waals surface area contributed by atoms with Gasteiger partial charge in [-0.15, -0.1) is 0 Å². The Morgan fingerprint density at radius 1 is 1.10 bits per heavy atom. The third-order valence-corrected chi connectivity index (χ3v) is 6.32. The highest BCUT2D eigenvalue weighted by Gasteiger charge is 2.43. The van der Waals surface area contributed by atoms with E-state index >= 15 is 0 Å². The van der Waals surface area contributed by atoms with Gasteiger partial charge in [-0.05, 0) is 43.0 Å². The van der Waals surface area contributed by atoms with Gasteiger partial charge in [-0.25, -0.2) is 0 Å². The van der Waals surface area contributed by atoms with Crippen LogP contribution < -0.4 is 0 Å². The number of aliphatic imine (C=N–C) groups is 1. The Morgan fingerprint density at radius 2 is 1.83 bits per heavy atom. The number of rotatable bonds is 5. The predicted molar refractivity (Wildman–Crippen MR) is 120 cm³/mol. The van der Waals surface area contributed by atoms with E-state index in [9.17, 15) is 9.59 Å². The lowest BCUT2D eigenvalue weighted by molar-refractivity contribution is -0.146. The number of carbonyl (C=O) groups excluding carboxylic acids is 2. The van der Waals surface area contributed by atoms with Gasteiger partial charge in [-0.3, -0.25) is 14.6 Å². The SMILES string of the molecule is CC1=NC2=C(C(=O)CCC2)[C@H](c2ccc(Br)cc2)C1C(=O)OCCc1ccccc1. The van der Waals surface area contributed by atoms with Crippen molar-refractivity contribution in [3.8, 4) is 0 Å². The molecule has 2 aromatic carbocycles. The average molecular weight is 466 g/mol. The van der Waals surface area contributed by atoms with E-state index in [1.807, 2.05) is 61.5 Å². The second-order valence-electron chi connectivity index (χ2n) is 7.80. The van der Waals surface area contributed by atoms with E-state index in [1.165, 1.54) is 0 Å². The Kier molecular flexibility index (Phi) is 6.28. The number of ketones is 1. The second-order valence-corrected chi connectivity index (χ2v) is 8.72. The molecule has 0 fully saturated rings. The largest absolute Gasteiger partial charge is 0.465 e. The molecular formula is C25H24BrNO3. The van der Waals surface area contributed by atoms with E-state index in [-0.39, 0.29) is 17.7 Å². The minimum Gasteiger partial charge on any atom is -0.465 e. The fraction of sp³-hybridized carbons (Fsp3) is 0.320. The molecule has 0 radical (unpaired) electrons. The van der Waals surface area contributed by atoms with Gasteiger partial charge in [-0.2, -0.15) is 0 Å². The maximum Gasteiger partial charge on any atom is 0.315 e. The lowest BCUT2D eigenvalue weighted by Gasteiger charge is -2.34. The van der Waals surface area contributed by atoms with Crippen LogP contribution in [-0.4, -0.2) is 24.1 Å². The molecule has 2 aromatic rings. The van der Waals surface area contributed by atoms with Crippen LogP contribution in [0.25, 0.3) is 0 Å². The number of esters is 1. The van der Waals surface area contributed by atoms with Crippen LogP contribution in [0.15, 0.2) is 75.3 Å². The third-order valence-electron chi connectivity index (χ3n) is 5.80. The first kappa shape index (κ1) is 20.7. The van der Waals surface area contributed by atoms with Gasteiger partial charge < -0.3 is 4.74 Å². The van der Waals surface area contributed by atoms with Crippen LogP contribution in [0.3, 0.4) is 0 Å². The first-order chi connectivity index (χ1) is 14.5. The lowest BCUT2D eigenvalue weighted by atomic mass is 9.72. The van der Waals surface area contributed by atoms with Crippen molar-refractivity contribution in [2.75, 3.05) is 6.61 Å². The molecule has 30 heavy (non-hydrogen) atoms. The van der Waals surface area contributed by atoms with Crippen molar-refractivity contribution in [3.63, 3.8) is 0 Å². The first-order valence-electron chi connectivity index (χ1n) is 10.3. The Balaban J connectivity index is 1.62. The number of halogens is 1. The first-order valence-corrected chi connectivity index (χ1v) is 11.1. The van der Waals surface area contributed by atoms with Crippen molar-refractivity contribution in [2.45, 2.75) is 38.5 Å². The highest BCUT2D eigenvalue weighted by atomic mass is 79.9. The van der Waals surface area contributed by atoms with E-state index in [2.05, 4.69) is 20.9 Å². The molecule has 1 aliphatic heterocycles. The van der Waals surface area contributed by atoms with Crippen LogP contribution in [-0.2, 0) is 20.7 Å². The molecule has 0 spiro atoms. The van der Waals surface area contributed by atoms with Gasteiger partial charge in [0.15, 0.2) is 5.78 Å². The predicted octanol–water partition coefficient (Wildman–Crippen LogP) is 5.42. The molecule has 4 rings (SSSR count). The topological polar surface area (TPSA) is 55.7 Å². The van der Waals surface area contributed by atoms with Gasteiger partial charge in [0.25, 0.3) is 0 Å². The number of Topliss-reactive ketones (excluding diaryl/α,β-unsaturated/α-hetero) is 1. The molecule has 2 atom stereocenters. The van der Waals surface area contributed by atoms with E-state index in [1.54, 1.807) is 0 Å². The van der Waals surface area contributed by atoms with Crippen LogP contribution in [0, 0.1) is 5.92 Å². The number of hydrogen-bond acceptors (Lipinski definition) is 4. The molecule has 1 unspecified atom stereocenters. The Morgan fingerprint density at radius 3 is 2.57 bits per heavy atom. The molecule has 0 saturated heterocycles. The van der Waals surface area contributed by atoms with E-state index in [0.717, 1.165) is 39.8 Å². The van der Waals surface area contributed by atoms with E-state index < -0.39 is 5.92 Å². The summed E-state index contributed by atoms with van der Waals surface area (Å²) in [6, 6.07) is 17.8. The fourth-order valence-corrected chi connectivity index (χ4v) is 4.61. The minimum atomic E-state index is -0.581. The highest BCUT2D eigenvalue weighted by Crippen LogP contribution is 2.43. The smallest absolute Gasteiger partial charge is 0.315 e. The summed E-state index contributed by atoms with van der Waals surface area (Å²) in [5, 5.41) is 0. The highest BCUT2D eigenvalue weighted by molar-refractivity contribution is 9.10. The fourth-order valence-electron chi connectivity index (χ4n) is 4.35. The Hall–Kier alpha value is -2.53. The zero-order valence-corrected chi connectivity index (χ0v) is 18.5. The molecule has 5 heteroatoms. The van der Waals surface area contributed by atoms with Gasteiger partial charge in [0, 0.05) is 40.2 Å². The van der Waals surface area contributed by atoms with Crippen molar-refractivity contribution in [2.24, 2.45) is 10.9 Å². The van der Waals surface area contributed by atoms with Crippen LogP contribution >= 0.6 is 15.9 Å². The summed E-state index contributed by atoms with van der Waals surface area (Å²) >= 11 is 3.47. The Labute approximate surface area is 185 Å². The second kappa shape index (κ2) is 9.09. The molecule has 1 heterocycles. The molecular weight excluding hydrogens is 442 g/mol. The third kappa shape index (κ3) is 4.31. The van der Waals surface area contributed by atoms with Crippen LogP contribution in [0.4, 0.5) is 0 Å². The number of ether oxygens (including phenoxy) is 1. The standard InChI is InChI=1S/C25H24BrNO3/c1-16-22(25(29)30-15-14-17-6-3-2-4-7-17)23(18-10-12-19(26)13-11-18)24-20(27-16)8-5-9-21(24)28/h2-4,6-7,10-13,22-23H,5,8-9,14-15H2,1H3/t22?,23-/m1/s1. The molecule has 4 nitrogen and oxygen atoms in total. The molecule has 0 bridgehead atoms. The molecule has 0 saturated carbocycles. The normalized spacial score (nSPS) is 21.1. The summed E-state index contributed by atoms with van der Waals surface area (Å²) in [5.41, 5.74) is 4.32. The molecule has 0 aromatic heterocycles. The molecule has 0 amide bonds. The average Bonchev–Trinajstić information content (AvgIpc) is 2.74. The van der Waals surface area contributed by atoms with Gasteiger partial charge in [0.1, 0.15) is 5.92 Å².